The number of fused-ring (bicyclic) bond motifs is 1. The van der Waals surface area contributed by atoms with E-state index in [0.29, 0.717) is 5.69 Å². The molecule has 2 aromatic rings. The Balaban J connectivity index is 1.65. The predicted molar refractivity (Wildman–Crippen MR) is 112 cm³/mol. The maximum absolute atomic E-state index is 12.6. The molecule has 154 valence electrons. The standard InChI is InChI=1S/C22H27N3O4/c1-14(17-9-8-16-6-4-5-7-18(16)12-17)23-15(2)22(26)24-20-11-10-19(25(27)28)13-21(20)29-3/h8-15,23H,4-7H2,1-3H3,(H,24,26)/t14-,15+/m1/s1. The molecule has 2 aromatic carbocycles. The van der Waals surface area contributed by atoms with Crippen LogP contribution >= 0.6 is 0 Å². The second-order valence-corrected chi connectivity index (χ2v) is 7.48. The Bertz CT molecular complexity index is 913. The molecule has 0 saturated heterocycles. The van der Waals surface area contributed by atoms with Gasteiger partial charge in [0, 0.05) is 12.1 Å². The maximum Gasteiger partial charge on any atom is 0.273 e. The number of ether oxygens (including phenoxy) is 1. The van der Waals surface area contributed by atoms with Crippen LogP contribution in [0.1, 0.15) is 49.4 Å². The normalized spacial score (nSPS) is 15.1. The molecular formula is C22H27N3O4. The van der Waals surface area contributed by atoms with Crippen molar-refractivity contribution in [2.75, 3.05) is 12.4 Å². The van der Waals surface area contributed by atoms with E-state index in [2.05, 4.69) is 28.8 Å². The minimum atomic E-state index is -0.501. The molecule has 2 N–H and O–H groups in total. The molecule has 7 nitrogen and oxygen atoms in total. The summed E-state index contributed by atoms with van der Waals surface area (Å²) in [6.07, 6.45) is 4.75. The van der Waals surface area contributed by atoms with Crippen molar-refractivity contribution in [2.45, 2.75) is 51.6 Å². The Morgan fingerprint density at radius 1 is 1.10 bits per heavy atom. The SMILES string of the molecule is COc1cc([N+](=O)[O-])ccc1NC(=O)[C@H](C)N[C@H](C)c1ccc2c(c1)CCCC2. The number of non-ortho nitro benzene ring substituents is 1. The zero-order valence-corrected chi connectivity index (χ0v) is 17.0. The molecule has 0 fully saturated rings. The Hall–Kier alpha value is -2.93. The number of hydrogen-bond acceptors (Lipinski definition) is 5. The van der Waals surface area contributed by atoms with Crippen molar-refractivity contribution in [3.05, 3.63) is 63.2 Å². The number of anilines is 1. The molecule has 0 unspecified atom stereocenters. The summed E-state index contributed by atoms with van der Waals surface area (Å²) in [5.41, 5.74) is 4.32. The average molecular weight is 397 g/mol. The van der Waals surface area contributed by atoms with Gasteiger partial charge in [0.15, 0.2) is 0 Å². The quantitative estimate of drug-likeness (QED) is 0.540. The topological polar surface area (TPSA) is 93.5 Å². The molecule has 7 heteroatoms. The van der Waals surface area contributed by atoms with Crippen LogP contribution in [0.5, 0.6) is 5.75 Å². The number of nitrogens with zero attached hydrogens (tertiary/aromatic N) is 1. The summed E-state index contributed by atoms with van der Waals surface area (Å²) in [6, 6.07) is 10.3. The molecule has 0 saturated carbocycles. The van der Waals surface area contributed by atoms with Crippen molar-refractivity contribution in [2.24, 2.45) is 0 Å². The van der Waals surface area contributed by atoms with Crippen LogP contribution in [0.25, 0.3) is 0 Å². The Morgan fingerprint density at radius 2 is 1.83 bits per heavy atom. The number of nitro benzene ring substituents is 1. The number of carbonyl (C=O) groups is 1. The number of nitrogens with one attached hydrogen (secondary N) is 2. The van der Waals surface area contributed by atoms with Crippen molar-refractivity contribution < 1.29 is 14.5 Å². The number of rotatable bonds is 7. The molecule has 0 heterocycles. The van der Waals surface area contributed by atoms with Gasteiger partial charge < -0.3 is 10.1 Å². The number of carbonyl (C=O) groups excluding carboxylic acids is 1. The van der Waals surface area contributed by atoms with Crippen molar-refractivity contribution in [1.29, 1.82) is 0 Å². The van der Waals surface area contributed by atoms with Gasteiger partial charge in [-0.2, -0.15) is 0 Å². The lowest BCUT2D eigenvalue weighted by molar-refractivity contribution is -0.384. The monoisotopic (exact) mass is 397 g/mol. The fraction of sp³-hybridized carbons (Fsp3) is 0.409. The first-order chi connectivity index (χ1) is 13.9. The Morgan fingerprint density at radius 3 is 2.52 bits per heavy atom. The molecule has 1 amide bonds. The first-order valence-electron chi connectivity index (χ1n) is 9.90. The third-order valence-corrected chi connectivity index (χ3v) is 5.42. The van der Waals surface area contributed by atoms with E-state index >= 15 is 0 Å². The smallest absolute Gasteiger partial charge is 0.273 e. The third kappa shape index (κ3) is 4.92. The van der Waals surface area contributed by atoms with Gasteiger partial charge >= 0.3 is 0 Å². The van der Waals surface area contributed by atoms with Gasteiger partial charge in [-0.3, -0.25) is 20.2 Å². The number of hydrogen-bond donors (Lipinski definition) is 2. The molecule has 3 rings (SSSR count). The first-order valence-corrected chi connectivity index (χ1v) is 9.90. The number of benzene rings is 2. The molecule has 29 heavy (non-hydrogen) atoms. The molecule has 2 atom stereocenters. The fourth-order valence-corrected chi connectivity index (χ4v) is 3.71. The van der Waals surface area contributed by atoms with Crippen LogP contribution in [0.2, 0.25) is 0 Å². The average Bonchev–Trinajstić information content (AvgIpc) is 2.73. The Kier molecular flexibility index (Phi) is 6.49. The lowest BCUT2D eigenvalue weighted by Crippen LogP contribution is -2.39. The number of aryl methyl sites for hydroxylation is 2. The first kappa shape index (κ1) is 20.8. The molecule has 1 aliphatic carbocycles. The lowest BCUT2D eigenvalue weighted by atomic mass is 9.89. The van der Waals surface area contributed by atoms with E-state index in [-0.39, 0.29) is 23.4 Å². The van der Waals surface area contributed by atoms with Gasteiger partial charge in [-0.05, 0) is 62.3 Å². The summed E-state index contributed by atoms with van der Waals surface area (Å²) in [5.74, 6) is 0.0180. The van der Waals surface area contributed by atoms with Gasteiger partial charge in [0.1, 0.15) is 5.75 Å². The summed E-state index contributed by atoms with van der Waals surface area (Å²) < 4.78 is 5.18. The second kappa shape index (κ2) is 9.05. The van der Waals surface area contributed by atoms with Crippen LogP contribution < -0.4 is 15.4 Å². The molecule has 0 aromatic heterocycles. The molecular weight excluding hydrogens is 370 g/mol. The highest BCUT2D eigenvalue weighted by molar-refractivity contribution is 5.96. The highest BCUT2D eigenvalue weighted by Crippen LogP contribution is 2.29. The van der Waals surface area contributed by atoms with E-state index in [1.54, 1.807) is 6.92 Å². The van der Waals surface area contributed by atoms with E-state index in [4.69, 9.17) is 4.74 Å². The number of nitro groups is 1. The second-order valence-electron chi connectivity index (χ2n) is 7.48. The predicted octanol–water partition coefficient (Wildman–Crippen LogP) is 4.16. The summed E-state index contributed by atoms with van der Waals surface area (Å²) in [5, 5.41) is 17.0. The number of amides is 1. The van der Waals surface area contributed by atoms with Gasteiger partial charge in [-0.25, -0.2) is 0 Å². The van der Waals surface area contributed by atoms with E-state index < -0.39 is 11.0 Å². The lowest BCUT2D eigenvalue weighted by Gasteiger charge is -2.23. The zero-order valence-electron chi connectivity index (χ0n) is 17.0. The van der Waals surface area contributed by atoms with E-state index in [1.165, 1.54) is 54.8 Å². The van der Waals surface area contributed by atoms with Crippen LogP contribution in [0.3, 0.4) is 0 Å². The minimum Gasteiger partial charge on any atom is -0.494 e. The molecule has 0 spiro atoms. The highest BCUT2D eigenvalue weighted by Gasteiger charge is 2.20. The van der Waals surface area contributed by atoms with Gasteiger partial charge in [-0.1, -0.05) is 18.2 Å². The van der Waals surface area contributed by atoms with Gasteiger partial charge in [0.05, 0.1) is 29.8 Å². The van der Waals surface area contributed by atoms with Crippen LogP contribution in [-0.2, 0) is 17.6 Å². The van der Waals surface area contributed by atoms with E-state index in [9.17, 15) is 14.9 Å². The largest absolute Gasteiger partial charge is 0.494 e. The van der Waals surface area contributed by atoms with Crippen molar-refractivity contribution in [3.8, 4) is 5.75 Å². The maximum atomic E-state index is 12.6. The third-order valence-electron chi connectivity index (χ3n) is 5.42. The van der Waals surface area contributed by atoms with Crippen molar-refractivity contribution in [1.82, 2.24) is 5.32 Å². The Labute approximate surface area is 170 Å². The molecule has 0 aliphatic heterocycles. The highest BCUT2D eigenvalue weighted by atomic mass is 16.6. The number of methoxy groups -OCH3 is 1. The summed E-state index contributed by atoms with van der Waals surface area (Å²) in [4.78, 5) is 23.0. The molecule has 0 bridgehead atoms. The molecule has 0 radical (unpaired) electrons. The van der Waals surface area contributed by atoms with Crippen LogP contribution in [0.4, 0.5) is 11.4 Å². The van der Waals surface area contributed by atoms with Crippen LogP contribution in [0.15, 0.2) is 36.4 Å². The summed E-state index contributed by atoms with van der Waals surface area (Å²) in [6.45, 7) is 3.84. The van der Waals surface area contributed by atoms with Crippen molar-refractivity contribution in [3.63, 3.8) is 0 Å². The summed E-state index contributed by atoms with van der Waals surface area (Å²) >= 11 is 0. The van der Waals surface area contributed by atoms with Crippen LogP contribution in [-0.4, -0.2) is 24.0 Å². The fourth-order valence-electron chi connectivity index (χ4n) is 3.71. The van der Waals surface area contributed by atoms with Crippen LogP contribution in [0, 0.1) is 10.1 Å². The van der Waals surface area contributed by atoms with Gasteiger partial charge in [0.25, 0.3) is 5.69 Å². The molecule has 1 aliphatic rings. The zero-order chi connectivity index (χ0) is 21.0. The van der Waals surface area contributed by atoms with E-state index in [1.807, 2.05) is 6.92 Å². The van der Waals surface area contributed by atoms with Crippen molar-refractivity contribution >= 4 is 17.3 Å². The van der Waals surface area contributed by atoms with Gasteiger partial charge in [0.2, 0.25) is 5.91 Å². The summed E-state index contributed by atoms with van der Waals surface area (Å²) in [7, 11) is 1.41. The van der Waals surface area contributed by atoms with Gasteiger partial charge in [-0.15, -0.1) is 0 Å². The van der Waals surface area contributed by atoms with E-state index in [0.717, 1.165) is 12.8 Å². The minimum absolute atomic E-state index is 0.0155.